The Bertz CT molecular complexity index is 317. The van der Waals surface area contributed by atoms with Gasteiger partial charge in [-0.15, -0.1) is 0 Å². The highest BCUT2D eigenvalue weighted by Crippen LogP contribution is 2.28. The first kappa shape index (κ1) is 24.5. The third-order valence-corrected chi connectivity index (χ3v) is 24.5. The van der Waals surface area contributed by atoms with E-state index in [1.54, 1.807) is 0 Å². The molecule has 1 atom stereocenters. The molecule has 0 aliphatic rings. The molecule has 0 aromatic heterocycles. The quantitative estimate of drug-likeness (QED) is 0.472. The molecule has 0 amide bonds. The van der Waals surface area contributed by atoms with Crippen molar-refractivity contribution >= 4 is 25.9 Å². The fourth-order valence-electron chi connectivity index (χ4n) is 4.80. The molecule has 0 saturated carbocycles. The predicted octanol–water partition coefficient (Wildman–Crippen LogP) is 3.57. The maximum absolute atomic E-state index is 3.15. The second-order valence-electron chi connectivity index (χ2n) is 7.56. The Balaban J connectivity index is 6.10. The van der Waals surface area contributed by atoms with Crippen LogP contribution in [0.3, 0.4) is 0 Å². The standard InChI is InChI=1S/C17H46N4Si3/c1-12-18(13-2)22(7)21(23(8,9)19(14-3)15-4)24(10,11)20(16-5)17-6/h22H,12-17H2,1-11H3. The second-order valence-corrected chi connectivity index (χ2v) is 19.8. The van der Waals surface area contributed by atoms with Crippen LogP contribution in [0.2, 0.25) is 32.7 Å². The van der Waals surface area contributed by atoms with Gasteiger partial charge in [-0.3, -0.25) is 0 Å². The summed E-state index contributed by atoms with van der Waals surface area (Å²) in [7, 11) is -4.43. The molecule has 7 heteroatoms. The lowest BCUT2D eigenvalue weighted by Gasteiger charge is -2.58. The molecule has 0 heterocycles. The average Bonchev–Trinajstić information content (AvgIpc) is 2.49. The molecule has 0 radical (unpaired) electrons. The fourth-order valence-corrected chi connectivity index (χ4v) is 25.4. The summed E-state index contributed by atoms with van der Waals surface area (Å²) in [6, 6.07) is 0. The van der Waals surface area contributed by atoms with Crippen molar-refractivity contribution in [1.82, 2.24) is 17.6 Å². The van der Waals surface area contributed by atoms with Gasteiger partial charge in [-0.1, -0.05) is 41.5 Å². The van der Waals surface area contributed by atoms with E-state index < -0.39 is 25.9 Å². The zero-order valence-corrected chi connectivity index (χ0v) is 21.8. The van der Waals surface area contributed by atoms with Gasteiger partial charge in [0.2, 0.25) is 0 Å². The van der Waals surface area contributed by atoms with Gasteiger partial charge >= 0.3 is 0 Å². The maximum atomic E-state index is 3.15. The highest BCUT2D eigenvalue weighted by atomic mass is 28.5. The molecule has 24 heavy (non-hydrogen) atoms. The number of hydrogen-bond donors (Lipinski definition) is 0. The summed E-state index contributed by atoms with van der Waals surface area (Å²) in [5, 5.41) is 0. The van der Waals surface area contributed by atoms with Gasteiger partial charge in [0.05, 0.1) is 0 Å². The summed E-state index contributed by atoms with van der Waals surface area (Å²) in [6.07, 6.45) is 0. The van der Waals surface area contributed by atoms with E-state index in [1.165, 1.54) is 39.3 Å². The predicted molar refractivity (Wildman–Crippen MR) is 119 cm³/mol. The van der Waals surface area contributed by atoms with Gasteiger partial charge < -0.3 is 17.6 Å². The fraction of sp³-hybridized carbons (Fsp3) is 1.00. The van der Waals surface area contributed by atoms with Crippen molar-refractivity contribution in [2.24, 2.45) is 0 Å². The molecule has 0 aliphatic heterocycles. The second kappa shape index (κ2) is 10.6. The van der Waals surface area contributed by atoms with Crippen LogP contribution in [0.1, 0.15) is 41.5 Å². The molecule has 0 aromatic rings. The van der Waals surface area contributed by atoms with Crippen molar-refractivity contribution < 1.29 is 0 Å². The molecule has 0 aliphatic carbocycles. The molecule has 0 rings (SSSR count). The number of rotatable bonds is 12. The minimum Gasteiger partial charge on any atom is -0.334 e. The van der Waals surface area contributed by atoms with Crippen molar-refractivity contribution in [3.63, 3.8) is 0 Å². The smallest absolute Gasteiger partial charge is 0.188 e. The summed E-state index contributed by atoms with van der Waals surface area (Å²) in [5.41, 5.74) is 0. The monoisotopic (exact) mass is 390 g/mol. The summed E-state index contributed by atoms with van der Waals surface area (Å²) in [6.45, 7) is 34.1. The SMILES string of the molecule is CCN(CC)[SiH](C)N([Si](C)(C)N(CC)CC)[Si](C)(C)N(CC)CC. The highest BCUT2D eigenvalue weighted by molar-refractivity contribution is 6.97. The first-order chi connectivity index (χ1) is 11.1. The maximum Gasteiger partial charge on any atom is 0.188 e. The van der Waals surface area contributed by atoms with E-state index in [2.05, 4.69) is 91.9 Å². The Hall–Kier alpha value is 0.491. The first-order valence-electron chi connectivity index (χ1n) is 10.1. The van der Waals surface area contributed by atoms with Gasteiger partial charge in [-0.05, 0) is 72.0 Å². The van der Waals surface area contributed by atoms with Crippen molar-refractivity contribution in [2.75, 3.05) is 39.3 Å². The lowest BCUT2D eigenvalue weighted by atomic mass is 10.7. The minimum absolute atomic E-state index is 1.14. The van der Waals surface area contributed by atoms with Crippen molar-refractivity contribution in [1.29, 1.82) is 0 Å². The highest BCUT2D eigenvalue weighted by Gasteiger charge is 2.49. The molecule has 146 valence electrons. The summed E-state index contributed by atoms with van der Waals surface area (Å²) in [4.78, 5) is 0. The van der Waals surface area contributed by atoms with E-state index in [0.717, 1.165) is 0 Å². The molecular formula is C17H46N4Si3. The van der Waals surface area contributed by atoms with Gasteiger partial charge in [0.15, 0.2) is 25.9 Å². The molecule has 0 N–H and O–H groups in total. The van der Waals surface area contributed by atoms with Crippen molar-refractivity contribution in [3.05, 3.63) is 0 Å². The van der Waals surface area contributed by atoms with Gasteiger partial charge in [0.1, 0.15) is 0 Å². The molecular weight excluding hydrogens is 344 g/mol. The van der Waals surface area contributed by atoms with E-state index in [0.29, 0.717) is 0 Å². The van der Waals surface area contributed by atoms with E-state index >= 15 is 0 Å². The van der Waals surface area contributed by atoms with Crippen molar-refractivity contribution in [3.8, 4) is 0 Å². The van der Waals surface area contributed by atoms with Crippen LogP contribution in [0.25, 0.3) is 0 Å². The Morgan fingerprint density at radius 1 is 0.583 bits per heavy atom. The number of hydrogen-bond acceptors (Lipinski definition) is 4. The molecule has 1 unspecified atom stereocenters. The van der Waals surface area contributed by atoms with Gasteiger partial charge in [-0.2, -0.15) is 0 Å². The summed E-state index contributed by atoms with van der Waals surface area (Å²) in [5.74, 6) is 0. The van der Waals surface area contributed by atoms with Gasteiger partial charge in [0.25, 0.3) is 0 Å². The van der Waals surface area contributed by atoms with E-state index in [4.69, 9.17) is 0 Å². The van der Waals surface area contributed by atoms with Crippen LogP contribution in [0, 0.1) is 0 Å². The lowest BCUT2D eigenvalue weighted by molar-refractivity contribution is 0.391. The third kappa shape index (κ3) is 5.25. The van der Waals surface area contributed by atoms with E-state index in [1.807, 2.05) is 0 Å². The van der Waals surface area contributed by atoms with Crippen LogP contribution in [-0.2, 0) is 0 Å². The van der Waals surface area contributed by atoms with Gasteiger partial charge in [0, 0.05) is 0 Å². The Labute approximate surface area is 157 Å². The largest absolute Gasteiger partial charge is 0.334 e. The van der Waals surface area contributed by atoms with Crippen LogP contribution in [-0.4, -0.2) is 82.8 Å². The zero-order chi connectivity index (χ0) is 19.1. The Kier molecular flexibility index (Phi) is 10.8. The summed E-state index contributed by atoms with van der Waals surface area (Å²) >= 11 is 0. The first-order valence-corrected chi connectivity index (χ1v) is 18.1. The molecule has 0 fully saturated rings. The molecule has 0 aromatic carbocycles. The zero-order valence-electron chi connectivity index (χ0n) is 18.6. The molecule has 4 nitrogen and oxygen atoms in total. The topological polar surface area (TPSA) is 13.0 Å². The normalized spacial score (nSPS) is 15.1. The van der Waals surface area contributed by atoms with Gasteiger partial charge in [-0.25, -0.2) is 0 Å². The Morgan fingerprint density at radius 2 is 0.875 bits per heavy atom. The lowest BCUT2D eigenvalue weighted by Crippen LogP contribution is -2.79. The minimum atomic E-state index is -1.64. The third-order valence-electron chi connectivity index (χ3n) is 5.97. The molecule has 0 bridgehead atoms. The van der Waals surface area contributed by atoms with E-state index in [-0.39, 0.29) is 0 Å². The van der Waals surface area contributed by atoms with Crippen LogP contribution >= 0.6 is 0 Å². The van der Waals surface area contributed by atoms with Crippen LogP contribution in [0.15, 0.2) is 0 Å². The van der Waals surface area contributed by atoms with Crippen LogP contribution in [0.4, 0.5) is 0 Å². The van der Waals surface area contributed by atoms with Crippen LogP contribution < -0.4 is 0 Å². The Morgan fingerprint density at radius 3 is 1.08 bits per heavy atom. The average molecular weight is 391 g/mol. The van der Waals surface area contributed by atoms with Crippen LogP contribution in [0.5, 0.6) is 0 Å². The molecule has 0 saturated heterocycles. The molecule has 0 spiro atoms. The summed E-state index contributed by atoms with van der Waals surface area (Å²) < 4.78 is 11.5. The van der Waals surface area contributed by atoms with Crippen molar-refractivity contribution in [2.45, 2.75) is 74.3 Å². The van der Waals surface area contributed by atoms with E-state index in [9.17, 15) is 0 Å². The number of nitrogens with zero attached hydrogens (tertiary/aromatic N) is 4.